The van der Waals surface area contributed by atoms with Crippen LogP contribution in [-0.4, -0.2) is 42.5 Å². The van der Waals surface area contributed by atoms with Crippen molar-refractivity contribution in [3.05, 3.63) is 77.4 Å². The molecular formula is C25H30N2. The number of rotatable bonds is 6. The minimum atomic E-state index is 0.723. The molecular weight excluding hydrogens is 328 g/mol. The predicted octanol–water partition coefficient (Wildman–Crippen LogP) is 4.47. The molecule has 0 radical (unpaired) electrons. The second-order valence-corrected chi connectivity index (χ2v) is 8.58. The van der Waals surface area contributed by atoms with Gasteiger partial charge >= 0.3 is 0 Å². The fourth-order valence-corrected chi connectivity index (χ4v) is 5.04. The van der Waals surface area contributed by atoms with E-state index in [1.165, 1.54) is 68.7 Å². The highest BCUT2D eigenvalue weighted by Gasteiger charge is 2.38. The summed E-state index contributed by atoms with van der Waals surface area (Å²) in [5, 5.41) is 0. The maximum Gasteiger partial charge on any atom is 0.0234 e. The van der Waals surface area contributed by atoms with Crippen LogP contribution in [0.25, 0.3) is 5.57 Å². The number of likely N-dealkylation sites (tertiary alicyclic amines) is 2. The van der Waals surface area contributed by atoms with E-state index >= 15 is 0 Å². The molecule has 2 saturated heterocycles. The lowest BCUT2D eigenvalue weighted by molar-refractivity contribution is 0.184. The van der Waals surface area contributed by atoms with Crippen molar-refractivity contribution in [2.24, 2.45) is 11.8 Å². The summed E-state index contributed by atoms with van der Waals surface area (Å²) in [6.07, 6.45) is 6.35. The first kappa shape index (κ1) is 17.2. The average Bonchev–Trinajstić information content (AvgIpc) is 3.22. The van der Waals surface area contributed by atoms with Crippen LogP contribution in [0, 0.1) is 11.8 Å². The van der Waals surface area contributed by atoms with E-state index in [1.807, 2.05) is 0 Å². The second kappa shape index (κ2) is 7.61. The van der Waals surface area contributed by atoms with Crippen molar-refractivity contribution in [3.63, 3.8) is 0 Å². The van der Waals surface area contributed by atoms with Gasteiger partial charge < -0.3 is 4.90 Å². The van der Waals surface area contributed by atoms with Gasteiger partial charge in [0.2, 0.25) is 0 Å². The minimum Gasteiger partial charge on any atom is -0.303 e. The highest BCUT2D eigenvalue weighted by atomic mass is 15.2. The second-order valence-electron chi connectivity index (χ2n) is 8.58. The van der Waals surface area contributed by atoms with Crippen LogP contribution < -0.4 is 0 Å². The lowest BCUT2D eigenvalue weighted by Gasteiger charge is -2.30. The summed E-state index contributed by atoms with van der Waals surface area (Å²) in [7, 11) is 0. The Kier molecular flexibility index (Phi) is 4.85. The van der Waals surface area contributed by atoms with E-state index in [0.29, 0.717) is 0 Å². The number of hydrogen-bond donors (Lipinski definition) is 0. The average molecular weight is 359 g/mol. The molecule has 0 saturated carbocycles. The van der Waals surface area contributed by atoms with Crippen molar-refractivity contribution in [3.8, 4) is 0 Å². The Hall–Kier alpha value is -1.90. The van der Waals surface area contributed by atoms with Gasteiger partial charge in [0.1, 0.15) is 0 Å². The molecule has 2 fully saturated rings. The molecule has 2 aromatic carbocycles. The molecule has 27 heavy (non-hydrogen) atoms. The van der Waals surface area contributed by atoms with E-state index in [4.69, 9.17) is 0 Å². The number of allylic oxidation sites excluding steroid dienone is 1. The van der Waals surface area contributed by atoms with Crippen LogP contribution in [0.3, 0.4) is 0 Å². The van der Waals surface area contributed by atoms with E-state index < -0.39 is 0 Å². The molecule has 0 aromatic heterocycles. The van der Waals surface area contributed by atoms with Crippen molar-refractivity contribution in [1.29, 1.82) is 0 Å². The number of fused-ring (bicyclic) bond motifs is 1. The lowest BCUT2D eigenvalue weighted by atomic mass is 9.90. The SMILES string of the molecule is C1=C(c2ccc(CCN3CCC3)cc2)C2CN(Cc3ccccc3)CC2C1. The molecule has 2 atom stereocenters. The van der Waals surface area contributed by atoms with Gasteiger partial charge in [0.05, 0.1) is 0 Å². The van der Waals surface area contributed by atoms with Crippen LogP contribution in [0.4, 0.5) is 0 Å². The smallest absolute Gasteiger partial charge is 0.0234 e. The van der Waals surface area contributed by atoms with Gasteiger partial charge in [0.15, 0.2) is 0 Å². The molecule has 0 N–H and O–H groups in total. The van der Waals surface area contributed by atoms with Gasteiger partial charge in [-0.2, -0.15) is 0 Å². The van der Waals surface area contributed by atoms with Crippen molar-refractivity contribution >= 4 is 5.57 Å². The predicted molar refractivity (Wildman–Crippen MR) is 112 cm³/mol. The Morgan fingerprint density at radius 3 is 2.37 bits per heavy atom. The minimum absolute atomic E-state index is 0.723. The maximum atomic E-state index is 2.65. The third-order valence-corrected chi connectivity index (χ3v) is 6.76. The van der Waals surface area contributed by atoms with Crippen molar-refractivity contribution < 1.29 is 0 Å². The Bertz CT molecular complexity index is 789. The van der Waals surface area contributed by atoms with Crippen LogP contribution in [0.15, 0.2) is 60.7 Å². The van der Waals surface area contributed by atoms with E-state index in [1.54, 1.807) is 5.57 Å². The van der Waals surface area contributed by atoms with Crippen LogP contribution in [-0.2, 0) is 13.0 Å². The van der Waals surface area contributed by atoms with Crippen LogP contribution in [0.2, 0.25) is 0 Å². The molecule has 1 aliphatic carbocycles. The van der Waals surface area contributed by atoms with Gasteiger partial charge in [-0.1, -0.05) is 60.7 Å². The largest absolute Gasteiger partial charge is 0.303 e. The topological polar surface area (TPSA) is 6.48 Å². The molecule has 2 unspecified atom stereocenters. The van der Waals surface area contributed by atoms with E-state index in [0.717, 1.165) is 18.4 Å². The summed E-state index contributed by atoms with van der Waals surface area (Å²) in [5.41, 5.74) is 5.98. The molecule has 140 valence electrons. The van der Waals surface area contributed by atoms with Gasteiger partial charge in [-0.05, 0) is 60.5 Å². The van der Waals surface area contributed by atoms with Gasteiger partial charge in [-0.25, -0.2) is 0 Å². The van der Waals surface area contributed by atoms with E-state index in [9.17, 15) is 0 Å². The third-order valence-electron chi connectivity index (χ3n) is 6.76. The van der Waals surface area contributed by atoms with Crippen molar-refractivity contribution in [2.45, 2.75) is 25.8 Å². The third kappa shape index (κ3) is 3.74. The fourth-order valence-electron chi connectivity index (χ4n) is 5.04. The molecule has 2 nitrogen and oxygen atoms in total. The zero-order valence-electron chi connectivity index (χ0n) is 16.2. The number of benzene rings is 2. The Morgan fingerprint density at radius 2 is 1.63 bits per heavy atom. The zero-order chi connectivity index (χ0) is 18.1. The molecule has 0 spiro atoms. The molecule has 2 heteroatoms. The Balaban J connectivity index is 1.21. The lowest BCUT2D eigenvalue weighted by Crippen LogP contribution is -2.38. The quantitative estimate of drug-likeness (QED) is 0.752. The van der Waals surface area contributed by atoms with Crippen LogP contribution in [0.5, 0.6) is 0 Å². The molecule has 2 aliphatic heterocycles. The van der Waals surface area contributed by atoms with E-state index in [-0.39, 0.29) is 0 Å². The van der Waals surface area contributed by atoms with Gasteiger partial charge in [-0.15, -0.1) is 0 Å². The van der Waals surface area contributed by atoms with Crippen LogP contribution in [0.1, 0.15) is 29.5 Å². The standard InChI is InChI=1S/C25H30N2/c1-2-5-21(6-3-1)17-27-18-23-11-12-24(25(23)19-27)22-9-7-20(8-10-22)13-16-26-14-4-15-26/h1-3,5-10,12,23,25H,4,11,13-19H2. The molecule has 3 aliphatic rings. The van der Waals surface area contributed by atoms with Crippen LogP contribution >= 0.6 is 0 Å². The first-order valence-corrected chi connectivity index (χ1v) is 10.6. The van der Waals surface area contributed by atoms with Gasteiger partial charge in [-0.3, -0.25) is 4.90 Å². The normalized spacial score (nSPS) is 25.3. The summed E-state index contributed by atoms with van der Waals surface area (Å²) in [5.74, 6) is 1.54. The summed E-state index contributed by atoms with van der Waals surface area (Å²) in [6.45, 7) is 7.37. The molecule has 2 heterocycles. The van der Waals surface area contributed by atoms with Gasteiger partial charge in [0.25, 0.3) is 0 Å². The summed E-state index contributed by atoms with van der Waals surface area (Å²) in [4.78, 5) is 5.21. The van der Waals surface area contributed by atoms with Crippen molar-refractivity contribution in [1.82, 2.24) is 9.80 Å². The fraction of sp³-hybridized carbons (Fsp3) is 0.440. The highest BCUT2D eigenvalue weighted by Crippen LogP contribution is 2.43. The first-order valence-electron chi connectivity index (χ1n) is 10.6. The summed E-state index contributed by atoms with van der Waals surface area (Å²) < 4.78 is 0. The number of nitrogens with zero attached hydrogens (tertiary/aromatic N) is 2. The van der Waals surface area contributed by atoms with Crippen molar-refractivity contribution in [2.75, 3.05) is 32.7 Å². The monoisotopic (exact) mass is 358 g/mol. The summed E-state index contributed by atoms with van der Waals surface area (Å²) >= 11 is 0. The highest BCUT2D eigenvalue weighted by molar-refractivity contribution is 5.70. The summed E-state index contributed by atoms with van der Waals surface area (Å²) in [6, 6.07) is 20.4. The number of hydrogen-bond acceptors (Lipinski definition) is 2. The molecule has 2 aromatic rings. The maximum absolute atomic E-state index is 2.65. The first-order chi connectivity index (χ1) is 13.3. The molecule has 5 rings (SSSR count). The van der Waals surface area contributed by atoms with Gasteiger partial charge in [0, 0.05) is 32.1 Å². The zero-order valence-corrected chi connectivity index (χ0v) is 16.2. The Morgan fingerprint density at radius 1 is 0.815 bits per heavy atom. The Labute approximate surface area is 163 Å². The van der Waals surface area contributed by atoms with E-state index in [2.05, 4.69) is 70.5 Å². The molecule has 0 amide bonds. The molecule has 0 bridgehead atoms.